The molecule has 1 aliphatic rings. The second-order valence-corrected chi connectivity index (χ2v) is 11.0. The van der Waals surface area contributed by atoms with Gasteiger partial charge < -0.3 is 10.6 Å². The molecule has 0 atom stereocenters. The lowest BCUT2D eigenvalue weighted by molar-refractivity contribution is -0.125. The number of primary amides is 1. The third-order valence-corrected chi connectivity index (χ3v) is 7.01. The summed E-state index contributed by atoms with van der Waals surface area (Å²) in [6, 6.07) is 10.6. The number of halogens is 5. The van der Waals surface area contributed by atoms with Crippen LogP contribution in [0.1, 0.15) is 91.7 Å². The quantitative estimate of drug-likeness (QED) is 0.246. The van der Waals surface area contributed by atoms with Crippen LogP contribution in [0.2, 0.25) is 0 Å². The predicted molar refractivity (Wildman–Crippen MR) is 186 cm³/mol. The van der Waals surface area contributed by atoms with Crippen molar-refractivity contribution >= 4 is 60.8 Å². The maximum absolute atomic E-state index is 13.5. The standard InChI is InChI=1S/C26H24Br2F3N3O2.C4H10.2C2H6/c1-2-16(7-4-3-5-10-26(29,30)31)15-34-24-20(13-18(27)14-21(24)28)23(25(34)36)33-19-9-6-8-17(11-19)12-22(32)35;1-3-4-2;2*1-2/h2-3,5-6,8-9,11,13-14H,4,7,10,12,15H2,1H3,(H2,32,35);3-4H2,1-2H3;2*1-2H3/b5-3-,16-2+,33-23?;;;. The topological polar surface area (TPSA) is 75.8 Å². The Morgan fingerprint density at radius 2 is 1.66 bits per heavy atom. The van der Waals surface area contributed by atoms with Crippen LogP contribution in [-0.2, 0) is 16.0 Å². The lowest BCUT2D eigenvalue weighted by Gasteiger charge is -2.20. The SMILES string of the molecule is C/C=C(\CC/C=C\CC(F)(F)F)CN1C(=O)C(=Nc2cccc(CC(N)=O)c2)c2cc(Br)cc(Br)c21.CC.CC.CCCC. The van der Waals surface area contributed by atoms with Gasteiger partial charge in [-0.3, -0.25) is 9.59 Å². The number of carbonyl (C=O) groups is 2. The molecule has 0 aliphatic carbocycles. The Bertz CT molecular complexity index is 1290. The van der Waals surface area contributed by atoms with Crippen LogP contribution in [0.25, 0.3) is 0 Å². The molecule has 2 aromatic carbocycles. The van der Waals surface area contributed by atoms with E-state index in [0.717, 1.165) is 16.1 Å². The van der Waals surface area contributed by atoms with Crippen molar-refractivity contribution in [3.63, 3.8) is 0 Å². The van der Waals surface area contributed by atoms with Crippen LogP contribution in [0, 0.1) is 0 Å². The van der Waals surface area contributed by atoms with E-state index in [1.807, 2.05) is 52.8 Å². The summed E-state index contributed by atoms with van der Waals surface area (Å²) in [6.45, 7) is 14.5. The molecular formula is C34H46Br2F3N3O2. The third-order valence-electron chi connectivity index (χ3n) is 5.95. The van der Waals surface area contributed by atoms with Gasteiger partial charge in [-0.2, -0.15) is 13.2 Å². The molecule has 0 saturated carbocycles. The minimum Gasteiger partial charge on any atom is -0.369 e. The monoisotopic (exact) mass is 743 g/mol. The van der Waals surface area contributed by atoms with E-state index in [1.54, 1.807) is 29.2 Å². The van der Waals surface area contributed by atoms with E-state index in [2.05, 4.69) is 50.7 Å². The Kier molecular flexibility index (Phi) is 20.5. The molecule has 44 heavy (non-hydrogen) atoms. The summed E-state index contributed by atoms with van der Waals surface area (Å²) in [5.41, 5.74) is 8.98. The van der Waals surface area contributed by atoms with Crippen molar-refractivity contribution in [2.24, 2.45) is 10.7 Å². The van der Waals surface area contributed by atoms with Crippen molar-refractivity contribution in [1.82, 2.24) is 0 Å². The number of carbonyl (C=O) groups excluding carboxylic acids is 2. The van der Waals surface area contributed by atoms with E-state index < -0.39 is 18.5 Å². The summed E-state index contributed by atoms with van der Waals surface area (Å²) >= 11 is 7.02. The molecule has 2 amide bonds. The summed E-state index contributed by atoms with van der Waals surface area (Å²) in [7, 11) is 0. The molecule has 10 heteroatoms. The fourth-order valence-electron chi connectivity index (χ4n) is 3.81. The van der Waals surface area contributed by atoms with E-state index in [0.29, 0.717) is 39.8 Å². The van der Waals surface area contributed by atoms with Gasteiger partial charge in [-0.25, -0.2) is 4.99 Å². The molecule has 0 aromatic heterocycles. The minimum absolute atomic E-state index is 0.0640. The molecule has 0 unspecified atom stereocenters. The summed E-state index contributed by atoms with van der Waals surface area (Å²) in [6.07, 6.45) is 2.97. The number of fused-ring (bicyclic) bond motifs is 1. The molecule has 5 nitrogen and oxygen atoms in total. The van der Waals surface area contributed by atoms with Crippen LogP contribution >= 0.6 is 31.9 Å². The molecule has 2 aromatic rings. The van der Waals surface area contributed by atoms with Gasteiger partial charge in [0, 0.05) is 21.1 Å². The number of nitrogens with two attached hydrogens (primary N) is 1. The zero-order valence-electron chi connectivity index (χ0n) is 26.8. The second kappa shape index (κ2) is 21.9. The van der Waals surface area contributed by atoms with Gasteiger partial charge in [0.1, 0.15) is 5.71 Å². The molecule has 0 fully saturated rings. The minimum atomic E-state index is -4.22. The number of amides is 2. The van der Waals surface area contributed by atoms with Crippen molar-refractivity contribution in [3.05, 3.63) is 80.3 Å². The molecule has 0 spiro atoms. The van der Waals surface area contributed by atoms with Gasteiger partial charge in [0.25, 0.3) is 5.91 Å². The Hall–Kier alpha value is -2.72. The Morgan fingerprint density at radius 1 is 1.02 bits per heavy atom. The van der Waals surface area contributed by atoms with Crippen LogP contribution in [0.5, 0.6) is 0 Å². The number of rotatable bonds is 10. The molecule has 0 bridgehead atoms. The van der Waals surface area contributed by atoms with Crippen LogP contribution in [-0.4, -0.2) is 30.2 Å². The first kappa shape index (κ1) is 41.3. The van der Waals surface area contributed by atoms with E-state index >= 15 is 0 Å². The number of allylic oxidation sites excluding steroid dienone is 3. The van der Waals surface area contributed by atoms with Crippen LogP contribution in [0.15, 0.2) is 74.1 Å². The Morgan fingerprint density at radius 3 is 2.20 bits per heavy atom. The number of benzene rings is 2. The lowest BCUT2D eigenvalue weighted by Crippen LogP contribution is -2.32. The van der Waals surface area contributed by atoms with Crippen molar-refractivity contribution in [2.75, 3.05) is 11.4 Å². The molecule has 1 heterocycles. The normalized spacial score (nSPS) is 13.5. The Balaban J connectivity index is 0.00000210. The highest BCUT2D eigenvalue weighted by Crippen LogP contribution is 2.40. The molecule has 0 saturated heterocycles. The zero-order chi connectivity index (χ0) is 33.9. The highest BCUT2D eigenvalue weighted by atomic mass is 79.9. The fourth-order valence-corrected chi connectivity index (χ4v) is 5.25. The highest BCUT2D eigenvalue weighted by molar-refractivity contribution is 9.11. The van der Waals surface area contributed by atoms with Crippen molar-refractivity contribution in [2.45, 2.75) is 93.2 Å². The fraction of sp³-hybridized carbons (Fsp3) is 0.441. The van der Waals surface area contributed by atoms with Gasteiger partial charge >= 0.3 is 6.18 Å². The maximum atomic E-state index is 13.5. The van der Waals surface area contributed by atoms with E-state index in [9.17, 15) is 22.8 Å². The van der Waals surface area contributed by atoms with Crippen molar-refractivity contribution in [3.8, 4) is 0 Å². The van der Waals surface area contributed by atoms with Gasteiger partial charge in [-0.05, 0) is 65.5 Å². The van der Waals surface area contributed by atoms with Gasteiger partial charge in [0.05, 0.1) is 24.2 Å². The molecule has 0 radical (unpaired) electrons. The number of alkyl halides is 3. The maximum Gasteiger partial charge on any atom is 0.392 e. The molecule has 3 rings (SSSR count). The summed E-state index contributed by atoms with van der Waals surface area (Å²) < 4.78 is 38.5. The summed E-state index contributed by atoms with van der Waals surface area (Å²) in [5, 5.41) is 0. The Labute approximate surface area is 278 Å². The van der Waals surface area contributed by atoms with Gasteiger partial charge in [0.15, 0.2) is 0 Å². The summed E-state index contributed by atoms with van der Waals surface area (Å²) in [5.74, 6) is -0.760. The number of hydrogen-bond acceptors (Lipinski definition) is 3. The first-order chi connectivity index (χ1) is 20.9. The smallest absolute Gasteiger partial charge is 0.369 e. The molecule has 244 valence electrons. The van der Waals surface area contributed by atoms with Gasteiger partial charge in [-0.15, -0.1) is 0 Å². The van der Waals surface area contributed by atoms with Gasteiger partial charge in [-0.1, -0.05) is 106 Å². The number of nitrogens with zero attached hydrogens (tertiary/aromatic N) is 2. The average Bonchev–Trinajstić information content (AvgIpc) is 3.23. The number of hydrogen-bond donors (Lipinski definition) is 1. The molecule has 1 aliphatic heterocycles. The third kappa shape index (κ3) is 14.4. The lowest BCUT2D eigenvalue weighted by atomic mass is 10.1. The van der Waals surface area contributed by atoms with Crippen LogP contribution < -0.4 is 10.6 Å². The van der Waals surface area contributed by atoms with Crippen LogP contribution in [0.4, 0.5) is 24.5 Å². The average molecular weight is 746 g/mol. The van der Waals surface area contributed by atoms with Gasteiger partial charge in [0.2, 0.25) is 5.91 Å². The first-order valence-corrected chi connectivity index (χ1v) is 16.6. The highest BCUT2D eigenvalue weighted by Gasteiger charge is 2.36. The van der Waals surface area contributed by atoms with Crippen molar-refractivity contribution in [1.29, 1.82) is 0 Å². The van der Waals surface area contributed by atoms with E-state index in [1.165, 1.54) is 18.9 Å². The number of anilines is 1. The summed E-state index contributed by atoms with van der Waals surface area (Å²) in [4.78, 5) is 31.1. The number of aliphatic imine (C=N–C) groups is 1. The molecular weight excluding hydrogens is 699 g/mol. The zero-order valence-corrected chi connectivity index (χ0v) is 30.0. The number of unbranched alkanes of at least 4 members (excludes halogenated alkanes) is 1. The van der Waals surface area contributed by atoms with E-state index in [4.69, 9.17) is 5.73 Å². The van der Waals surface area contributed by atoms with E-state index in [-0.39, 0.29) is 24.6 Å². The predicted octanol–water partition coefficient (Wildman–Crippen LogP) is 10.8. The first-order valence-electron chi connectivity index (χ1n) is 15.0. The largest absolute Gasteiger partial charge is 0.392 e. The molecule has 2 N–H and O–H groups in total. The second-order valence-electron chi connectivity index (χ2n) is 9.22. The van der Waals surface area contributed by atoms with Crippen molar-refractivity contribution < 1.29 is 22.8 Å². The van der Waals surface area contributed by atoms with Crippen LogP contribution in [0.3, 0.4) is 0 Å².